The minimum absolute atomic E-state index is 0.215. The van der Waals surface area contributed by atoms with Crippen molar-refractivity contribution in [2.45, 2.75) is 13.8 Å². The van der Waals surface area contributed by atoms with Gasteiger partial charge in [-0.15, -0.1) is 0 Å². The normalized spacial score (nSPS) is 11.2. The maximum atomic E-state index is 11.0. The number of hydrogen-bond acceptors (Lipinski definition) is 4. The first-order chi connectivity index (χ1) is 9.47. The van der Waals surface area contributed by atoms with Crippen LogP contribution in [0, 0.1) is 13.8 Å². The number of aromatic carboxylic acids is 1. The average molecular weight is 271 g/mol. The minimum Gasteiger partial charge on any atom is -0.478 e. The van der Waals surface area contributed by atoms with Gasteiger partial charge < -0.3 is 14.1 Å². The van der Waals surface area contributed by atoms with E-state index in [1.807, 2.05) is 18.5 Å². The lowest BCUT2D eigenvalue weighted by Crippen LogP contribution is -1.95. The van der Waals surface area contributed by atoms with Crippen LogP contribution in [0.5, 0.6) is 0 Å². The number of aryl methyl sites for hydroxylation is 3. The highest BCUT2D eigenvalue weighted by Crippen LogP contribution is 2.27. The first kappa shape index (κ1) is 12.4. The Kier molecular flexibility index (Phi) is 2.60. The molecule has 0 atom stereocenters. The number of fused-ring (bicyclic) bond motifs is 1. The lowest BCUT2D eigenvalue weighted by Gasteiger charge is -1.99. The van der Waals surface area contributed by atoms with E-state index in [0.717, 1.165) is 11.2 Å². The van der Waals surface area contributed by atoms with Gasteiger partial charge >= 0.3 is 5.97 Å². The molecule has 1 N–H and O–H groups in total. The number of oxazole rings is 1. The van der Waals surface area contributed by atoms with Gasteiger partial charge in [-0.3, -0.25) is 0 Å². The molecular formula is C14H13N3O3. The molecule has 6 heteroatoms. The molecule has 0 radical (unpaired) electrons. The predicted molar refractivity (Wildman–Crippen MR) is 72.6 cm³/mol. The molecular weight excluding hydrogens is 258 g/mol. The maximum absolute atomic E-state index is 11.0. The average Bonchev–Trinajstić information content (AvgIpc) is 2.89. The molecule has 1 aromatic carbocycles. The molecule has 102 valence electrons. The second kappa shape index (κ2) is 4.19. The molecule has 0 saturated carbocycles. The molecule has 0 bridgehead atoms. The molecule has 2 aromatic heterocycles. The Bertz CT molecular complexity index is 830. The van der Waals surface area contributed by atoms with Crippen LogP contribution in [0.3, 0.4) is 0 Å². The summed E-state index contributed by atoms with van der Waals surface area (Å²) in [5.74, 6) is 0.861. The van der Waals surface area contributed by atoms with E-state index < -0.39 is 5.97 Å². The van der Waals surface area contributed by atoms with E-state index in [1.165, 1.54) is 0 Å². The van der Waals surface area contributed by atoms with E-state index in [0.29, 0.717) is 23.0 Å². The third-order valence-electron chi connectivity index (χ3n) is 3.23. The van der Waals surface area contributed by atoms with Crippen LogP contribution < -0.4 is 0 Å². The predicted octanol–water partition coefficient (Wildman–Crippen LogP) is 2.54. The van der Waals surface area contributed by atoms with Crippen LogP contribution in [-0.2, 0) is 7.05 Å². The fourth-order valence-electron chi connectivity index (χ4n) is 2.27. The fourth-order valence-corrected chi connectivity index (χ4v) is 2.27. The van der Waals surface area contributed by atoms with Crippen molar-refractivity contribution in [2.24, 2.45) is 7.05 Å². The zero-order valence-corrected chi connectivity index (χ0v) is 11.3. The Morgan fingerprint density at radius 3 is 2.65 bits per heavy atom. The summed E-state index contributed by atoms with van der Waals surface area (Å²) in [7, 11) is 1.86. The van der Waals surface area contributed by atoms with Crippen molar-refractivity contribution in [3.05, 3.63) is 35.3 Å². The Morgan fingerprint density at radius 2 is 2.05 bits per heavy atom. The van der Waals surface area contributed by atoms with Crippen molar-refractivity contribution < 1.29 is 14.3 Å². The van der Waals surface area contributed by atoms with E-state index >= 15 is 0 Å². The van der Waals surface area contributed by atoms with Crippen LogP contribution in [0.25, 0.3) is 22.6 Å². The van der Waals surface area contributed by atoms with Gasteiger partial charge in [-0.2, -0.15) is 0 Å². The van der Waals surface area contributed by atoms with Crippen molar-refractivity contribution in [1.29, 1.82) is 0 Å². The summed E-state index contributed by atoms with van der Waals surface area (Å²) in [6.07, 6.45) is 0. The Labute approximate surface area is 114 Å². The highest BCUT2D eigenvalue weighted by Gasteiger charge is 2.17. The summed E-state index contributed by atoms with van der Waals surface area (Å²) >= 11 is 0. The number of carbonyl (C=O) groups is 1. The third kappa shape index (κ3) is 1.77. The molecule has 0 amide bonds. The minimum atomic E-state index is -0.967. The molecule has 3 aromatic rings. The summed E-state index contributed by atoms with van der Waals surface area (Å²) in [4.78, 5) is 19.7. The van der Waals surface area contributed by atoms with Gasteiger partial charge in [0, 0.05) is 14.0 Å². The van der Waals surface area contributed by atoms with Crippen LogP contribution in [0.2, 0.25) is 0 Å². The van der Waals surface area contributed by atoms with Crippen LogP contribution >= 0.6 is 0 Å². The molecule has 0 unspecified atom stereocenters. The number of rotatable bonds is 2. The first-order valence-electron chi connectivity index (χ1n) is 6.11. The van der Waals surface area contributed by atoms with Gasteiger partial charge in [0.05, 0.1) is 22.3 Å². The first-order valence-corrected chi connectivity index (χ1v) is 6.11. The lowest BCUT2D eigenvalue weighted by atomic mass is 10.2. The molecule has 0 spiro atoms. The number of carboxylic acid groups (broad SMARTS) is 1. The van der Waals surface area contributed by atoms with E-state index in [1.54, 1.807) is 25.1 Å². The summed E-state index contributed by atoms with van der Waals surface area (Å²) in [5.41, 5.74) is 2.45. The molecule has 0 fully saturated rings. The number of benzene rings is 1. The van der Waals surface area contributed by atoms with Crippen LogP contribution in [0.15, 0.2) is 22.6 Å². The SMILES string of the molecule is Cc1nc(C)c(-c2nc3cc(C(=O)O)ccc3n2C)o1. The summed E-state index contributed by atoms with van der Waals surface area (Å²) in [6, 6.07) is 4.86. The van der Waals surface area contributed by atoms with Gasteiger partial charge in [-0.25, -0.2) is 14.8 Å². The van der Waals surface area contributed by atoms with E-state index in [-0.39, 0.29) is 5.56 Å². The topological polar surface area (TPSA) is 81.1 Å². The van der Waals surface area contributed by atoms with Gasteiger partial charge in [0.25, 0.3) is 0 Å². The Hall–Kier alpha value is -2.63. The van der Waals surface area contributed by atoms with Gasteiger partial charge in [0.2, 0.25) is 0 Å². The van der Waals surface area contributed by atoms with Crippen LogP contribution in [-0.4, -0.2) is 25.6 Å². The number of imidazole rings is 1. The molecule has 0 aliphatic rings. The zero-order valence-electron chi connectivity index (χ0n) is 11.3. The van der Waals surface area contributed by atoms with E-state index in [4.69, 9.17) is 9.52 Å². The molecule has 2 heterocycles. The van der Waals surface area contributed by atoms with Crippen molar-refractivity contribution >= 4 is 17.0 Å². The number of carboxylic acids is 1. The number of aromatic nitrogens is 3. The van der Waals surface area contributed by atoms with Crippen molar-refractivity contribution in [1.82, 2.24) is 14.5 Å². The Morgan fingerprint density at radius 1 is 1.30 bits per heavy atom. The largest absolute Gasteiger partial charge is 0.478 e. The summed E-state index contributed by atoms with van der Waals surface area (Å²) in [6.45, 7) is 3.63. The molecule has 0 aliphatic heterocycles. The van der Waals surface area contributed by atoms with E-state index in [2.05, 4.69) is 9.97 Å². The van der Waals surface area contributed by atoms with Crippen molar-refractivity contribution in [2.75, 3.05) is 0 Å². The van der Waals surface area contributed by atoms with Crippen molar-refractivity contribution in [3.8, 4) is 11.6 Å². The smallest absolute Gasteiger partial charge is 0.335 e. The third-order valence-corrected chi connectivity index (χ3v) is 3.23. The maximum Gasteiger partial charge on any atom is 0.335 e. The van der Waals surface area contributed by atoms with Gasteiger partial charge in [0.15, 0.2) is 17.5 Å². The monoisotopic (exact) mass is 271 g/mol. The standard InChI is InChI=1S/C14H13N3O3/c1-7-12(20-8(2)15-7)13-16-10-6-9(14(18)19)4-5-11(10)17(13)3/h4-6H,1-3H3,(H,18,19). The quantitative estimate of drug-likeness (QED) is 0.774. The van der Waals surface area contributed by atoms with Crippen molar-refractivity contribution in [3.63, 3.8) is 0 Å². The number of nitrogens with zero attached hydrogens (tertiary/aromatic N) is 3. The van der Waals surface area contributed by atoms with Gasteiger partial charge in [-0.05, 0) is 25.1 Å². The zero-order chi connectivity index (χ0) is 14.4. The van der Waals surface area contributed by atoms with Gasteiger partial charge in [-0.1, -0.05) is 0 Å². The molecule has 6 nitrogen and oxygen atoms in total. The molecule has 0 aliphatic carbocycles. The fraction of sp³-hybridized carbons (Fsp3) is 0.214. The summed E-state index contributed by atoms with van der Waals surface area (Å²) in [5, 5.41) is 9.02. The highest BCUT2D eigenvalue weighted by atomic mass is 16.4. The summed E-state index contributed by atoms with van der Waals surface area (Å²) < 4.78 is 7.45. The highest BCUT2D eigenvalue weighted by molar-refractivity contribution is 5.93. The second-order valence-electron chi connectivity index (χ2n) is 4.65. The van der Waals surface area contributed by atoms with Crippen LogP contribution in [0.4, 0.5) is 0 Å². The molecule has 0 saturated heterocycles. The van der Waals surface area contributed by atoms with E-state index in [9.17, 15) is 4.79 Å². The lowest BCUT2D eigenvalue weighted by molar-refractivity contribution is 0.0697. The molecule has 20 heavy (non-hydrogen) atoms. The molecule has 3 rings (SSSR count). The Balaban J connectivity index is 2.25. The van der Waals surface area contributed by atoms with Crippen LogP contribution in [0.1, 0.15) is 21.9 Å². The van der Waals surface area contributed by atoms with Gasteiger partial charge in [0.1, 0.15) is 0 Å². The number of hydrogen-bond donors (Lipinski definition) is 1. The second-order valence-corrected chi connectivity index (χ2v) is 4.65.